The molecule has 0 fully saturated rings. The first-order valence-corrected chi connectivity index (χ1v) is 7.37. The van der Waals surface area contributed by atoms with Gasteiger partial charge in [-0.3, -0.25) is 4.79 Å². The van der Waals surface area contributed by atoms with Gasteiger partial charge in [-0.05, 0) is 38.5 Å². The maximum Gasteiger partial charge on any atom is 0.328 e. The highest BCUT2D eigenvalue weighted by Gasteiger charge is 2.25. The number of alkyl halides is 1. The Morgan fingerprint density at radius 1 is 1.36 bits per heavy atom. The van der Waals surface area contributed by atoms with Crippen LogP contribution in [0.1, 0.15) is 29.5 Å². The van der Waals surface area contributed by atoms with Crippen molar-refractivity contribution in [2.24, 2.45) is 0 Å². The van der Waals surface area contributed by atoms with Gasteiger partial charge in [0.05, 0.1) is 7.11 Å². The molecule has 1 amide bonds. The first-order chi connectivity index (χ1) is 10.4. The van der Waals surface area contributed by atoms with Crippen molar-refractivity contribution in [3.8, 4) is 0 Å². The maximum absolute atomic E-state index is 12.3. The molecule has 0 saturated carbocycles. The fraction of sp³-hybridized carbons (Fsp3) is 0.375. The number of amides is 1. The zero-order valence-electron chi connectivity index (χ0n) is 12.7. The monoisotopic (exact) mass is 323 g/mol. The van der Waals surface area contributed by atoms with E-state index >= 15 is 0 Å². The van der Waals surface area contributed by atoms with Gasteiger partial charge in [0.2, 0.25) is 0 Å². The summed E-state index contributed by atoms with van der Waals surface area (Å²) < 4.78 is 10.2. The van der Waals surface area contributed by atoms with Crippen molar-refractivity contribution in [3.63, 3.8) is 0 Å². The molecule has 118 valence electrons. The van der Waals surface area contributed by atoms with Crippen LogP contribution in [-0.4, -0.2) is 30.4 Å². The van der Waals surface area contributed by atoms with E-state index in [1.54, 1.807) is 19.1 Å². The van der Waals surface area contributed by atoms with E-state index in [0.717, 1.165) is 10.9 Å². The quantitative estimate of drug-likeness (QED) is 0.678. The van der Waals surface area contributed by atoms with Crippen molar-refractivity contribution < 1.29 is 18.7 Å². The summed E-state index contributed by atoms with van der Waals surface area (Å²) in [4.78, 5) is 24.0. The van der Waals surface area contributed by atoms with Gasteiger partial charge in [-0.15, -0.1) is 11.6 Å². The SMILES string of the molecule is COC(=O)C(CC(C)Cl)NC(=O)c1cc2cc(C)ccc2o1. The van der Waals surface area contributed by atoms with E-state index < -0.39 is 17.9 Å². The Balaban J connectivity index is 2.19. The lowest BCUT2D eigenvalue weighted by atomic mass is 10.1. The number of carbonyl (C=O) groups is 2. The molecule has 0 saturated heterocycles. The molecule has 2 unspecified atom stereocenters. The molecule has 0 bridgehead atoms. The minimum atomic E-state index is -0.806. The van der Waals surface area contributed by atoms with Crippen LogP contribution in [-0.2, 0) is 9.53 Å². The summed E-state index contributed by atoms with van der Waals surface area (Å²) in [6.07, 6.45) is 0.277. The van der Waals surface area contributed by atoms with E-state index in [4.69, 9.17) is 16.0 Å². The Labute approximate surface area is 133 Å². The summed E-state index contributed by atoms with van der Waals surface area (Å²) in [5.74, 6) is -0.855. The lowest BCUT2D eigenvalue weighted by Gasteiger charge is -2.16. The summed E-state index contributed by atoms with van der Waals surface area (Å²) in [7, 11) is 1.27. The second-order valence-corrected chi connectivity index (χ2v) is 5.96. The number of ether oxygens (including phenoxy) is 1. The van der Waals surface area contributed by atoms with Crippen LogP contribution in [0.25, 0.3) is 11.0 Å². The molecule has 6 heteroatoms. The highest BCUT2D eigenvalue weighted by molar-refractivity contribution is 6.20. The first-order valence-electron chi connectivity index (χ1n) is 6.93. The van der Waals surface area contributed by atoms with E-state index in [2.05, 4.69) is 10.1 Å². The largest absolute Gasteiger partial charge is 0.467 e. The zero-order valence-corrected chi connectivity index (χ0v) is 13.4. The highest BCUT2D eigenvalue weighted by Crippen LogP contribution is 2.21. The number of methoxy groups -OCH3 is 1. The number of hydrogen-bond donors (Lipinski definition) is 1. The van der Waals surface area contributed by atoms with E-state index in [1.165, 1.54) is 7.11 Å². The number of esters is 1. The van der Waals surface area contributed by atoms with E-state index in [9.17, 15) is 9.59 Å². The van der Waals surface area contributed by atoms with Gasteiger partial charge < -0.3 is 14.5 Å². The Morgan fingerprint density at radius 3 is 2.73 bits per heavy atom. The summed E-state index contributed by atoms with van der Waals surface area (Å²) >= 11 is 5.90. The van der Waals surface area contributed by atoms with Gasteiger partial charge in [0, 0.05) is 10.8 Å². The standard InChI is InChI=1S/C16H18ClNO4/c1-9-4-5-13-11(6-9)8-14(22-13)15(19)18-12(7-10(2)17)16(20)21-3/h4-6,8,10,12H,7H2,1-3H3,(H,18,19). The van der Waals surface area contributed by atoms with Crippen molar-refractivity contribution in [2.45, 2.75) is 31.7 Å². The molecule has 0 spiro atoms. The van der Waals surface area contributed by atoms with Gasteiger partial charge in [-0.25, -0.2) is 4.79 Å². The Bertz CT molecular complexity index is 693. The molecule has 0 aliphatic carbocycles. The smallest absolute Gasteiger partial charge is 0.328 e. The summed E-state index contributed by atoms with van der Waals surface area (Å²) in [5, 5.41) is 3.16. The number of rotatable bonds is 5. The van der Waals surface area contributed by atoms with Crippen LogP contribution in [0.15, 0.2) is 28.7 Å². The number of benzene rings is 1. The summed E-state index contributed by atoms with van der Waals surface area (Å²) in [6, 6.07) is 6.48. The Hall–Kier alpha value is -2.01. The third kappa shape index (κ3) is 3.80. The van der Waals surface area contributed by atoms with Crippen LogP contribution in [0.4, 0.5) is 0 Å². The predicted molar refractivity (Wildman–Crippen MR) is 84.2 cm³/mol. The van der Waals surface area contributed by atoms with Gasteiger partial charge >= 0.3 is 5.97 Å². The molecule has 2 rings (SSSR count). The highest BCUT2D eigenvalue weighted by atomic mass is 35.5. The molecule has 1 aromatic heterocycles. The number of furan rings is 1. The van der Waals surface area contributed by atoms with Crippen LogP contribution in [0, 0.1) is 6.92 Å². The Kier molecular flexibility index (Phi) is 5.08. The van der Waals surface area contributed by atoms with Crippen LogP contribution >= 0.6 is 11.6 Å². The first kappa shape index (κ1) is 16.4. The molecule has 0 aliphatic heterocycles. The lowest BCUT2D eigenvalue weighted by molar-refractivity contribution is -0.143. The second kappa shape index (κ2) is 6.83. The van der Waals surface area contributed by atoms with E-state index in [1.807, 2.05) is 19.1 Å². The zero-order chi connectivity index (χ0) is 16.3. The minimum absolute atomic E-state index is 0.150. The molecule has 22 heavy (non-hydrogen) atoms. The predicted octanol–water partition coefficient (Wildman–Crippen LogP) is 3.03. The van der Waals surface area contributed by atoms with Crippen molar-refractivity contribution in [2.75, 3.05) is 7.11 Å². The van der Waals surface area contributed by atoms with E-state index in [-0.39, 0.29) is 17.6 Å². The van der Waals surface area contributed by atoms with Gasteiger partial charge in [0.25, 0.3) is 5.91 Å². The van der Waals surface area contributed by atoms with Crippen molar-refractivity contribution in [3.05, 3.63) is 35.6 Å². The van der Waals surface area contributed by atoms with E-state index in [0.29, 0.717) is 5.58 Å². The third-order valence-electron chi connectivity index (χ3n) is 3.25. The van der Waals surface area contributed by atoms with Crippen LogP contribution < -0.4 is 5.32 Å². The molecule has 0 aliphatic rings. The van der Waals surface area contributed by atoms with Gasteiger partial charge in [0.15, 0.2) is 5.76 Å². The molecule has 0 radical (unpaired) electrons. The van der Waals surface area contributed by atoms with Crippen LogP contribution in [0.3, 0.4) is 0 Å². The molecule has 1 aromatic carbocycles. The second-order valence-electron chi connectivity index (χ2n) is 5.22. The van der Waals surface area contributed by atoms with Crippen LogP contribution in [0.5, 0.6) is 0 Å². The van der Waals surface area contributed by atoms with Crippen LogP contribution in [0.2, 0.25) is 0 Å². The fourth-order valence-electron chi connectivity index (χ4n) is 2.19. The van der Waals surface area contributed by atoms with Gasteiger partial charge in [-0.1, -0.05) is 11.6 Å². The fourth-order valence-corrected chi connectivity index (χ4v) is 2.36. The molecule has 1 N–H and O–H groups in total. The lowest BCUT2D eigenvalue weighted by Crippen LogP contribution is -2.42. The molecule has 1 heterocycles. The number of carbonyl (C=O) groups excluding carboxylic acids is 2. The Morgan fingerprint density at radius 2 is 2.09 bits per heavy atom. The molecular weight excluding hydrogens is 306 g/mol. The molecule has 2 aromatic rings. The summed E-state index contributed by atoms with van der Waals surface area (Å²) in [5.41, 5.74) is 1.69. The number of nitrogens with one attached hydrogen (secondary N) is 1. The molecule has 5 nitrogen and oxygen atoms in total. The number of aryl methyl sites for hydroxylation is 1. The number of hydrogen-bond acceptors (Lipinski definition) is 4. The van der Waals surface area contributed by atoms with Crippen molar-refractivity contribution in [1.29, 1.82) is 0 Å². The van der Waals surface area contributed by atoms with Crippen molar-refractivity contribution in [1.82, 2.24) is 5.32 Å². The number of halogens is 1. The maximum atomic E-state index is 12.3. The van der Waals surface area contributed by atoms with Gasteiger partial charge in [-0.2, -0.15) is 0 Å². The molecular formula is C16H18ClNO4. The van der Waals surface area contributed by atoms with Crippen molar-refractivity contribution >= 4 is 34.4 Å². The summed E-state index contributed by atoms with van der Waals surface area (Å²) in [6.45, 7) is 3.70. The average Bonchev–Trinajstić information content (AvgIpc) is 2.88. The third-order valence-corrected chi connectivity index (χ3v) is 3.43. The molecule has 2 atom stereocenters. The minimum Gasteiger partial charge on any atom is -0.467 e. The van der Waals surface area contributed by atoms with Gasteiger partial charge in [0.1, 0.15) is 11.6 Å². The average molecular weight is 324 g/mol. The number of fused-ring (bicyclic) bond motifs is 1. The normalized spacial score (nSPS) is 13.6. The topological polar surface area (TPSA) is 68.5 Å².